The average Bonchev–Trinajstić information content (AvgIpc) is 2.28. The molecule has 0 radical (unpaired) electrons. The first-order chi connectivity index (χ1) is 7.74. The van der Waals surface area contributed by atoms with Crippen LogP contribution in [0.5, 0.6) is 0 Å². The van der Waals surface area contributed by atoms with Crippen LogP contribution in [0.3, 0.4) is 0 Å². The Balaban J connectivity index is 3.67. The Hall–Kier alpha value is -0.790. The SMILES string of the molecule is CCCCCC(=O)O/C=C\C(CC)CCC. The molecule has 0 aliphatic carbocycles. The van der Waals surface area contributed by atoms with E-state index in [9.17, 15) is 4.79 Å². The Morgan fingerprint density at radius 2 is 1.94 bits per heavy atom. The average molecular weight is 226 g/mol. The largest absolute Gasteiger partial charge is 0.435 e. The van der Waals surface area contributed by atoms with Crippen LogP contribution in [-0.2, 0) is 9.53 Å². The van der Waals surface area contributed by atoms with E-state index in [1.165, 1.54) is 12.8 Å². The maximum Gasteiger partial charge on any atom is 0.310 e. The molecule has 0 saturated heterocycles. The zero-order chi connectivity index (χ0) is 12.2. The van der Waals surface area contributed by atoms with E-state index < -0.39 is 0 Å². The van der Waals surface area contributed by atoms with Gasteiger partial charge in [-0.3, -0.25) is 4.79 Å². The molecule has 0 rings (SSSR count). The van der Waals surface area contributed by atoms with Gasteiger partial charge in [0.15, 0.2) is 0 Å². The molecule has 1 unspecified atom stereocenters. The summed E-state index contributed by atoms with van der Waals surface area (Å²) in [6, 6.07) is 0. The van der Waals surface area contributed by atoms with Crippen LogP contribution in [0.15, 0.2) is 12.3 Å². The second kappa shape index (κ2) is 10.7. The molecule has 0 aromatic heterocycles. The first kappa shape index (κ1) is 15.2. The lowest BCUT2D eigenvalue weighted by Gasteiger charge is -2.07. The van der Waals surface area contributed by atoms with Crippen LogP contribution in [-0.4, -0.2) is 5.97 Å². The van der Waals surface area contributed by atoms with Gasteiger partial charge in [-0.1, -0.05) is 40.0 Å². The molecule has 2 nitrogen and oxygen atoms in total. The van der Waals surface area contributed by atoms with Crippen molar-refractivity contribution in [3.63, 3.8) is 0 Å². The van der Waals surface area contributed by atoms with Crippen LogP contribution < -0.4 is 0 Å². The molecule has 0 bridgehead atoms. The molecule has 94 valence electrons. The molecule has 0 aliphatic heterocycles. The van der Waals surface area contributed by atoms with Gasteiger partial charge in [0.05, 0.1) is 6.26 Å². The maximum atomic E-state index is 11.3. The Morgan fingerprint density at radius 1 is 1.19 bits per heavy atom. The Morgan fingerprint density at radius 3 is 2.50 bits per heavy atom. The van der Waals surface area contributed by atoms with Gasteiger partial charge in [0, 0.05) is 6.42 Å². The van der Waals surface area contributed by atoms with E-state index in [1.54, 1.807) is 6.26 Å². The van der Waals surface area contributed by atoms with Gasteiger partial charge >= 0.3 is 5.97 Å². The van der Waals surface area contributed by atoms with Crippen LogP contribution in [0, 0.1) is 5.92 Å². The summed E-state index contributed by atoms with van der Waals surface area (Å²) in [5, 5.41) is 0. The molecule has 0 heterocycles. The number of esters is 1. The molecule has 16 heavy (non-hydrogen) atoms. The second-order valence-electron chi connectivity index (χ2n) is 4.23. The minimum absolute atomic E-state index is 0.101. The topological polar surface area (TPSA) is 26.3 Å². The predicted octanol–water partition coefficient (Wildman–Crippen LogP) is 4.45. The number of carbonyl (C=O) groups excluding carboxylic acids is 1. The monoisotopic (exact) mass is 226 g/mol. The minimum atomic E-state index is -0.101. The summed E-state index contributed by atoms with van der Waals surface area (Å²) in [6.07, 6.45) is 10.8. The third-order valence-corrected chi connectivity index (χ3v) is 2.72. The van der Waals surface area contributed by atoms with Crippen LogP contribution >= 0.6 is 0 Å². The van der Waals surface area contributed by atoms with Gasteiger partial charge in [0.2, 0.25) is 0 Å². The smallest absolute Gasteiger partial charge is 0.310 e. The van der Waals surface area contributed by atoms with Crippen LogP contribution in [0.2, 0.25) is 0 Å². The molecule has 0 fully saturated rings. The molecular weight excluding hydrogens is 200 g/mol. The van der Waals surface area contributed by atoms with Gasteiger partial charge < -0.3 is 4.74 Å². The lowest BCUT2D eigenvalue weighted by Crippen LogP contribution is -2.00. The van der Waals surface area contributed by atoms with Crippen molar-refractivity contribution in [3.05, 3.63) is 12.3 Å². The van der Waals surface area contributed by atoms with Crippen molar-refractivity contribution in [1.82, 2.24) is 0 Å². The molecule has 0 saturated carbocycles. The lowest BCUT2D eigenvalue weighted by molar-refractivity contribution is -0.138. The Bertz CT molecular complexity index is 197. The minimum Gasteiger partial charge on any atom is -0.435 e. The van der Waals surface area contributed by atoms with E-state index in [0.29, 0.717) is 12.3 Å². The number of ether oxygens (including phenoxy) is 1. The molecule has 0 N–H and O–H groups in total. The summed E-state index contributed by atoms with van der Waals surface area (Å²) in [7, 11) is 0. The van der Waals surface area contributed by atoms with Crippen molar-refractivity contribution in [2.75, 3.05) is 0 Å². The normalized spacial score (nSPS) is 12.9. The first-order valence-corrected chi connectivity index (χ1v) is 6.60. The molecule has 0 aliphatic rings. The number of hydrogen-bond acceptors (Lipinski definition) is 2. The van der Waals surface area contributed by atoms with Crippen molar-refractivity contribution < 1.29 is 9.53 Å². The third kappa shape index (κ3) is 8.51. The Labute approximate surface area is 100 Å². The highest BCUT2D eigenvalue weighted by Crippen LogP contribution is 2.12. The fourth-order valence-corrected chi connectivity index (χ4v) is 1.61. The van der Waals surface area contributed by atoms with Crippen molar-refractivity contribution in [2.45, 2.75) is 65.7 Å². The van der Waals surface area contributed by atoms with Crippen molar-refractivity contribution in [3.8, 4) is 0 Å². The number of rotatable bonds is 9. The van der Waals surface area contributed by atoms with Crippen LogP contribution in [0.4, 0.5) is 0 Å². The number of carbonyl (C=O) groups is 1. The van der Waals surface area contributed by atoms with E-state index in [-0.39, 0.29) is 5.97 Å². The summed E-state index contributed by atoms with van der Waals surface area (Å²) in [4.78, 5) is 11.3. The Kier molecular flexibility index (Phi) is 10.2. The highest BCUT2D eigenvalue weighted by molar-refractivity contribution is 5.69. The fourth-order valence-electron chi connectivity index (χ4n) is 1.61. The summed E-state index contributed by atoms with van der Waals surface area (Å²) in [6.45, 7) is 6.46. The van der Waals surface area contributed by atoms with Crippen LogP contribution in [0.25, 0.3) is 0 Å². The van der Waals surface area contributed by atoms with E-state index in [2.05, 4.69) is 20.8 Å². The summed E-state index contributed by atoms with van der Waals surface area (Å²) < 4.78 is 5.05. The van der Waals surface area contributed by atoms with Gasteiger partial charge in [0.25, 0.3) is 0 Å². The van der Waals surface area contributed by atoms with E-state index >= 15 is 0 Å². The van der Waals surface area contributed by atoms with Crippen molar-refractivity contribution >= 4 is 5.97 Å². The number of hydrogen-bond donors (Lipinski definition) is 0. The van der Waals surface area contributed by atoms with E-state index in [1.807, 2.05) is 6.08 Å². The van der Waals surface area contributed by atoms with E-state index in [0.717, 1.165) is 25.7 Å². The zero-order valence-corrected chi connectivity index (χ0v) is 11.0. The molecular formula is C14H26O2. The summed E-state index contributed by atoms with van der Waals surface area (Å²) in [5.41, 5.74) is 0. The second-order valence-corrected chi connectivity index (χ2v) is 4.23. The number of unbranched alkanes of at least 4 members (excludes halogenated alkanes) is 2. The molecule has 1 atom stereocenters. The van der Waals surface area contributed by atoms with Crippen molar-refractivity contribution in [2.24, 2.45) is 5.92 Å². The number of allylic oxidation sites excluding steroid dienone is 1. The molecule has 0 aromatic carbocycles. The lowest BCUT2D eigenvalue weighted by atomic mass is 10.0. The summed E-state index contributed by atoms with van der Waals surface area (Å²) >= 11 is 0. The summed E-state index contributed by atoms with van der Waals surface area (Å²) in [5.74, 6) is 0.449. The third-order valence-electron chi connectivity index (χ3n) is 2.72. The predicted molar refractivity (Wildman–Crippen MR) is 68.1 cm³/mol. The van der Waals surface area contributed by atoms with Crippen LogP contribution in [0.1, 0.15) is 65.7 Å². The molecule has 2 heteroatoms. The van der Waals surface area contributed by atoms with Gasteiger partial charge in [-0.15, -0.1) is 0 Å². The van der Waals surface area contributed by atoms with Gasteiger partial charge in [-0.2, -0.15) is 0 Å². The van der Waals surface area contributed by atoms with Crippen molar-refractivity contribution in [1.29, 1.82) is 0 Å². The molecule has 0 aromatic rings. The maximum absolute atomic E-state index is 11.3. The quantitative estimate of drug-likeness (QED) is 0.330. The van der Waals surface area contributed by atoms with Gasteiger partial charge in [0.1, 0.15) is 0 Å². The standard InChI is InChI=1S/C14H26O2/c1-4-7-8-10-14(15)16-12-11-13(6-3)9-5-2/h11-13H,4-10H2,1-3H3/b12-11-. The van der Waals surface area contributed by atoms with E-state index in [4.69, 9.17) is 4.74 Å². The molecule has 0 spiro atoms. The molecule has 0 amide bonds. The fraction of sp³-hybridized carbons (Fsp3) is 0.786. The first-order valence-electron chi connectivity index (χ1n) is 6.60. The highest BCUT2D eigenvalue weighted by atomic mass is 16.5. The van der Waals surface area contributed by atoms with Gasteiger partial charge in [-0.25, -0.2) is 0 Å². The van der Waals surface area contributed by atoms with Gasteiger partial charge in [-0.05, 0) is 31.3 Å². The zero-order valence-electron chi connectivity index (χ0n) is 11.0. The highest BCUT2D eigenvalue weighted by Gasteiger charge is 2.02.